The number of methoxy groups -OCH3 is 1. The van der Waals surface area contributed by atoms with Crippen molar-refractivity contribution >= 4 is 5.82 Å². The summed E-state index contributed by atoms with van der Waals surface area (Å²) in [5.41, 5.74) is 0.868. The van der Waals surface area contributed by atoms with Crippen molar-refractivity contribution in [3.05, 3.63) is 40.8 Å². The van der Waals surface area contributed by atoms with Gasteiger partial charge in [-0.05, 0) is 25.7 Å². The minimum atomic E-state index is -0.0715. The largest absolute Gasteiger partial charge is 0.481 e. The summed E-state index contributed by atoms with van der Waals surface area (Å²) >= 11 is 0. The second kappa shape index (κ2) is 7.64. The number of piperidine rings is 1. The Balaban J connectivity index is 1.41. The molecule has 0 N–H and O–H groups in total. The molecule has 0 atom stereocenters. The topological polar surface area (TPSA) is 76.4 Å². The molecule has 1 saturated heterocycles. The van der Waals surface area contributed by atoms with Crippen LogP contribution in [-0.4, -0.2) is 56.7 Å². The van der Waals surface area contributed by atoms with Crippen LogP contribution >= 0.6 is 0 Å². The van der Waals surface area contributed by atoms with E-state index in [0.29, 0.717) is 18.0 Å². The fraction of sp³-hybridized carbons (Fsp3) is 0.579. The smallest absolute Gasteiger partial charge is 0.268 e. The summed E-state index contributed by atoms with van der Waals surface area (Å²) in [5, 5.41) is 0. The monoisotopic (exact) mass is 370 g/mol. The Labute approximate surface area is 158 Å². The first-order valence-corrected chi connectivity index (χ1v) is 9.52. The second-order valence-corrected chi connectivity index (χ2v) is 7.39. The Kier molecular flexibility index (Phi) is 5.07. The maximum atomic E-state index is 11.5. The predicted octanol–water partition coefficient (Wildman–Crippen LogP) is 1.21. The molecule has 0 bridgehead atoms. The zero-order valence-electron chi connectivity index (χ0n) is 15.9. The van der Waals surface area contributed by atoms with Gasteiger partial charge in [-0.3, -0.25) is 14.7 Å². The molecule has 0 radical (unpaired) electrons. The molecule has 2 aromatic heterocycles. The van der Waals surface area contributed by atoms with Crippen molar-refractivity contribution in [1.82, 2.24) is 24.4 Å². The number of hydrogen-bond acceptors (Lipinski definition) is 7. The zero-order valence-corrected chi connectivity index (χ0v) is 15.9. The highest BCUT2D eigenvalue weighted by molar-refractivity contribution is 5.45. The van der Waals surface area contributed by atoms with Crippen LogP contribution in [0.25, 0.3) is 0 Å². The lowest BCUT2D eigenvalue weighted by Gasteiger charge is -2.39. The Bertz CT molecular complexity index is 842. The average molecular weight is 370 g/mol. The van der Waals surface area contributed by atoms with Gasteiger partial charge in [0.2, 0.25) is 5.88 Å². The third kappa shape index (κ3) is 4.10. The van der Waals surface area contributed by atoms with E-state index in [1.807, 2.05) is 12.3 Å². The Morgan fingerprint density at radius 2 is 1.89 bits per heavy atom. The van der Waals surface area contributed by atoms with Crippen molar-refractivity contribution in [2.45, 2.75) is 44.3 Å². The van der Waals surface area contributed by atoms with Crippen molar-refractivity contribution in [2.24, 2.45) is 7.05 Å². The molecule has 4 rings (SSSR count). The number of aromatic nitrogens is 4. The van der Waals surface area contributed by atoms with Gasteiger partial charge in [0.25, 0.3) is 5.56 Å². The minimum Gasteiger partial charge on any atom is -0.481 e. The lowest BCUT2D eigenvalue weighted by molar-refractivity contribution is 0.198. The molecule has 27 heavy (non-hydrogen) atoms. The standard InChI is InChI=1S/C19H26N6O2/c1-23-11-14(20-10-19(23)26)12-24-7-5-16(6-8-24)25(15-3-4-15)17-9-18(27-2)22-13-21-17/h9-11,13,15-16H,3-8,12H2,1-2H3. The fourth-order valence-electron chi connectivity index (χ4n) is 3.82. The van der Waals surface area contributed by atoms with Crippen LogP contribution < -0.4 is 15.2 Å². The van der Waals surface area contributed by atoms with E-state index in [1.165, 1.54) is 19.0 Å². The van der Waals surface area contributed by atoms with Crippen molar-refractivity contribution in [3.8, 4) is 5.88 Å². The molecular weight excluding hydrogens is 344 g/mol. The van der Waals surface area contributed by atoms with Crippen molar-refractivity contribution in [3.63, 3.8) is 0 Å². The quantitative estimate of drug-likeness (QED) is 0.756. The highest BCUT2D eigenvalue weighted by Crippen LogP contribution is 2.36. The van der Waals surface area contributed by atoms with E-state index in [1.54, 1.807) is 25.1 Å². The lowest BCUT2D eigenvalue weighted by atomic mass is 10.0. The molecule has 0 spiro atoms. The molecule has 2 aromatic rings. The van der Waals surface area contributed by atoms with Gasteiger partial charge in [-0.15, -0.1) is 0 Å². The molecule has 1 aliphatic heterocycles. The molecule has 2 aliphatic rings. The first-order chi connectivity index (χ1) is 13.1. The highest BCUT2D eigenvalue weighted by atomic mass is 16.5. The number of ether oxygens (including phenoxy) is 1. The van der Waals surface area contributed by atoms with Gasteiger partial charge in [-0.2, -0.15) is 0 Å². The summed E-state index contributed by atoms with van der Waals surface area (Å²) in [4.78, 5) is 29.3. The average Bonchev–Trinajstić information content (AvgIpc) is 3.51. The maximum Gasteiger partial charge on any atom is 0.268 e. The van der Waals surface area contributed by atoms with E-state index in [-0.39, 0.29) is 5.56 Å². The third-order valence-corrected chi connectivity index (χ3v) is 5.41. The van der Waals surface area contributed by atoms with Crippen LogP contribution in [0.15, 0.2) is 29.6 Å². The van der Waals surface area contributed by atoms with Crippen LogP contribution in [0.1, 0.15) is 31.4 Å². The molecule has 8 heteroatoms. The van der Waals surface area contributed by atoms with Gasteiger partial charge in [-0.1, -0.05) is 0 Å². The van der Waals surface area contributed by atoms with E-state index in [4.69, 9.17) is 4.74 Å². The van der Waals surface area contributed by atoms with Crippen LogP contribution in [0.2, 0.25) is 0 Å². The molecule has 3 heterocycles. The molecule has 0 amide bonds. The minimum absolute atomic E-state index is 0.0715. The summed E-state index contributed by atoms with van der Waals surface area (Å²) in [6, 6.07) is 3.02. The first kappa shape index (κ1) is 17.9. The molecule has 1 saturated carbocycles. The number of rotatable bonds is 6. The molecular formula is C19H26N6O2. The van der Waals surface area contributed by atoms with Gasteiger partial charge in [0.1, 0.15) is 12.1 Å². The number of hydrogen-bond donors (Lipinski definition) is 0. The van der Waals surface area contributed by atoms with Gasteiger partial charge in [0.15, 0.2) is 0 Å². The number of likely N-dealkylation sites (tertiary alicyclic amines) is 1. The summed E-state index contributed by atoms with van der Waals surface area (Å²) in [5.74, 6) is 1.59. The van der Waals surface area contributed by atoms with Crippen LogP contribution in [0, 0.1) is 0 Å². The predicted molar refractivity (Wildman–Crippen MR) is 102 cm³/mol. The van der Waals surface area contributed by atoms with Crippen LogP contribution in [0.4, 0.5) is 5.82 Å². The SMILES string of the molecule is COc1cc(N(C2CC2)C2CCN(Cc3cn(C)c(=O)cn3)CC2)ncn1. The number of aryl methyl sites for hydroxylation is 1. The normalized spacial score (nSPS) is 18.4. The van der Waals surface area contributed by atoms with E-state index in [2.05, 4.69) is 24.8 Å². The van der Waals surface area contributed by atoms with Gasteiger partial charge < -0.3 is 14.2 Å². The van der Waals surface area contributed by atoms with Gasteiger partial charge >= 0.3 is 0 Å². The maximum absolute atomic E-state index is 11.5. The zero-order chi connectivity index (χ0) is 18.8. The summed E-state index contributed by atoms with van der Waals surface area (Å²) in [7, 11) is 3.41. The summed E-state index contributed by atoms with van der Waals surface area (Å²) in [6.07, 6.45) is 9.47. The van der Waals surface area contributed by atoms with E-state index < -0.39 is 0 Å². The molecule has 0 unspecified atom stereocenters. The van der Waals surface area contributed by atoms with Crippen LogP contribution in [-0.2, 0) is 13.6 Å². The van der Waals surface area contributed by atoms with Crippen LogP contribution in [0.3, 0.4) is 0 Å². The number of nitrogens with zero attached hydrogens (tertiary/aromatic N) is 6. The Morgan fingerprint density at radius 1 is 1.15 bits per heavy atom. The Morgan fingerprint density at radius 3 is 2.56 bits per heavy atom. The second-order valence-electron chi connectivity index (χ2n) is 7.39. The van der Waals surface area contributed by atoms with Gasteiger partial charge in [0, 0.05) is 51.0 Å². The van der Waals surface area contributed by atoms with Crippen LogP contribution in [0.5, 0.6) is 5.88 Å². The summed E-state index contributed by atoms with van der Waals surface area (Å²) in [6.45, 7) is 2.81. The third-order valence-electron chi connectivity index (χ3n) is 5.41. The number of anilines is 1. The summed E-state index contributed by atoms with van der Waals surface area (Å²) < 4.78 is 6.87. The first-order valence-electron chi connectivity index (χ1n) is 9.52. The van der Waals surface area contributed by atoms with E-state index in [9.17, 15) is 4.79 Å². The van der Waals surface area contributed by atoms with E-state index >= 15 is 0 Å². The van der Waals surface area contributed by atoms with Crippen molar-refractivity contribution < 1.29 is 4.74 Å². The lowest BCUT2D eigenvalue weighted by Crippen LogP contribution is -2.46. The highest BCUT2D eigenvalue weighted by Gasteiger charge is 2.36. The fourth-order valence-corrected chi connectivity index (χ4v) is 3.82. The van der Waals surface area contributed by atoms with Crippen molar-refractivity contribution in [2.75, 3.05) is 25.1 Å². The molecule has 1 aliphatic carbocycles. The molecule has 2 fully saturated rings. The van der Waals surface area contributed by atoms with E-state index in [0.717, 1.165) is 44.0 Å². The van der Waals surface area contributed by atoms with Gasteiger partial charge in [-0.25, -0.2) is 9.97 Å². The van der Waals surface area contributed by atoms with Crippen molar-refractivity contribution in [1.29, 1.82) is 0 Å². The molecule has 8 nitrogen and oxygen atoms in total. The molecule has 144 valence electrons. The molecule has 0 aromatic carbocycles. The Hall–Kier alpha value is -2.48. The van der Waals surface area contributed by atoms with Gasteiger partial charge in [0.05, 0.1) is 19.0 Å².